The zero-order chi connectivity index (χ0) is 12.1. The lowest BCUT2D eigenvalue weighted by molar-refractivity contribution is -0.146. The number of carbonyl (C=O) groups excluding carboxylic acids is 1. The van der Waals surface area contributed by atoms with Crippen molar-refractivity contribution >= 4 is 5.97 Å². The molecule has 1 unspecified atom stereocenters. The molecule has 2 rings (SSSR count). The van der Waals surface area contributed by atoms with Crippen LogP contribution in [0.25, 0.3) is 0 Å². The fourth-order valence-electron chi connectivity index (χ4n) is 2.68. The van der Waals surface area contributed by atoms with Crippen LogP contribution in [0, 0.1) is 11.8 Å². The number of esters is 1. The van der Waals surface area contributed by atoms with E-state index in [1.54, 1.807) is 0 Å². The molecule has 94 valence electrons. The largest absolute Gasteiger partial charge is 0.465 e. The second-order valence-electron chi connectivity index (χ2n) is 4.11. The summed E-state index contributed by atoms with van der Waals surface area (Å²) in [5.41, 5.74) is 0. The smallest absolute Gasteiger partial charge is 0.323 e. The van der Waals surface area contributed by atoms with Gasteiger partial charge in [-0.15, -0.1) is 0 Å². The Bertz CT molecular complexity index is 232. The number of ether oxygens (including phenoxy) is 1. The van der Waals surface area contributed by atoms with E-state index in [2.05, 4.69) is 5.32 Å². The van der Waals surface area contributed by atoms with E-state index in [1.807, 2.05) is 20.8 Å². The lowest BCUT2D eigenvalue weighted by atomic mass is 9.93. The Morgan fingerprint density at radius 2 is 2.06 bits per heavy atom. The molecule has 0 amide bonds. The molecule has 4 nitrogen and oxygen atoms in total. The lowest BCUT2D eigenvalue weighted by Crippen LogP contribution is -2.37. The molecule has 1 heterocycles. The minimum absolute atomic E-state index is 0.158. The maximum Gasteiger partial charge on any atom is 0.323 e. The number of hydrogen-bond donors (Lipinski definition) is 2. The third kappa shape index (κ3) is 2.55. The molecule has 0 radical (unpaired) electrons. The van der Waals surface area contributed by atoms with Gasteiger partial charge in [-0.1, -0.05) is 13.8 Å². The number of aliphatic hydroxyl groups is 1. The van der Waals surface area contributed by atoms with Gasteiger partial charge in [0, 0.05) is 12.5 Å². The second-order valence-corrected chi connectivity index (χ2v) is 4.11. The molecule has 4 atom stereocenters. The van der Waals surface area contributed by atoms with Crippen molar-refractivity contribution in [1.29, 1.82) is 0 Å². The molecule has 2 N–H and O–H groups in total. The molecule has 4 heteroatoms. The van der Waals surface area contributed by atoms with Crippen LogP contribution < -0.4 is 5.32 Å². The van der Waals surface area contributed by atoms with Crippen molar-refractivity contribution in [3.8, 4) is 0 Å². The summed E-state index contributed by atoms with van der Waals surface area (Å²) >= 11 is 0. The molecule has 16 heavy (non-hydrogen) atoms. The molecule has 2 aliphatic rings. The van der Waals surface area contributed by atoms with Gasteiger partial charge in [0.25, 0.3) is 0 Å². The van der Waals surface area contributed by atoms with Crippen LogP contribution in [0.3, 0.4) is 0 Å². The third-order valence-corrected chi connectivity index (χ3v) is 3.38. The summed E-state index contributed by atoms with van der Waals surface area (Å²) in [5.74, 6) is 0.377. The van der Waals surface area contributed by atoms with Crippen molar-refractivity contribution in [3.63, 3.8) is 0 Å². The molecule has 1 aliphatic carbocycles. The van der Waals surface area contributed by atoms with Crippen LogP contribution in [-0.4, -0.2) is 36.4 Å². The molecule has 0 aromatic rings. The summed E-state index contributed by atoms with van der Waals surface area (Å²) in [6.45, 7) is 6.99. The minimum atomic E-state index is -0.230. The summed E-state index contributed by atoms with van der Waals surface area (Å²) in [5, 5.41) is 12.8. The standard InChI is InChI=1S/C10H17NO3.C2H6/c1-2-14-10(13)9-6-3-4-8(12)7(6)5-11-9;1-2/h6-9,11-12H,2-5H2,1H3;1-2H3/t6-,7-,8+,9?;/m0./s1. The van der Waals surface area contributed by atoms with Crippen molar-refractivity contribution in [2.75, 3.05) is 13.2 Å². The first-order valence-electron chi connectivity index (χ1n) is 6.32. The fraction of sp³-hybridized carbons (Fsp3) is 0.917. The van der Waals surface area contributed by atoms with Crippen molar-refractivity contribution in [2.24, 2.45) is 11.8 Å². The highest BCUT2D eigenvalue weighted by atomic mass is 16.5. The van der Waals surface area contributed by atoms with Crippen LogP contribution in [-0.2, 0) is 9.53 Å². The zero-order valence-electron chi connectivity index (χ0n) is 10.4. The topological polar surface area (TPSA) is 58.6 Å². The lowest BCUT2D eigenvalue weighted by Gasteiger charge is -2.16. The Morgan fingerprint density at radius 3 is 2.69 bits per heavy atom. The van der Waals surface area contributed by atoms with Crippen LogP contribution in [0.4, 0.5) is 0 Å². The molecule has 1 aliphatic heterocycles. The first-order chi connectivity index (χ1) is 7.74. The monoisotopic (exact) mass is 229 g/mol. The molecule has 0 bridgehead atoms. The number of aliphatic hydroxyl groups excluding tert-OH is 1. The van der Waals surface area contributed by atoms with E-state index >= 15 is 0 Å². The van der Waals surface area contributed by atoms with E-state index in [9.17, 15) is 9.90 Å². The van der Waals surface area contributed by atoms with Gasteiger partial charge in [-0.2, -0.15) is 0 Å². The third-order valence-electron chi connectivity index (χ3n) is 3.38. The van der Waals surface area contributed by atoms with Crippen molar-refractivity contribution < 1.29 is 14.6 Å². The Morgan fingerprint density at radius 1 is 1.38 bits per heavy atom. The highest BCUT2D eigenvalue weighted by molar-refractivity contribution is 5.76. The van der Waals surface area contributed by atoms with Gasteiger partial charge in [0.15, 0.2) is 0 Å². The van der Waals surface area contributed by atoms with Crippen molar-refractivity contribution in [3.05, 3.63) is 0 Å². The molecule has 0 aromatic heterocycles. The van der Waals surface area contributed by atoms with Crippen LogP contribution >= 0.6 is 0 Å². The molecular formula is C12H23NO3. The van der Waals surface area contributed by atoms with Crippen molar-refractivity contribution in [2.45, 2.75) is 45.8 Å². The number of rotatable bonds is 2. The minimum Gasteiger partial charge on any atom is -0.465 e. The summed E-state index contributed by atoms with van der Waals surface area (Å²) in [7, 11) is 0. The molecule has 0 aromatic carbocycles. The van der Waals surface area contributed by atoms with E-state index in [1.165, 1.54) is 0 Å². The van der Waals surface area contributed by atoms with Crippen LogP contribution in [0.2, 0.25) is 0 Å². The van der Waals surface area contributed by atoms with E-state index in [0.717, 1.165) is 19.4 Å². The van der Waals surface area contributed by atoms with Gasteiger partial charge in [0.2, 0.25) is 0 Å². The predicted octanol–water partition coefficient (Wildman–Crippen LogP) is 0.935. The first kappa shape index (κ1) is 13.5. The predicted molar refractivity (Wildman–Crippen MR) is 62.0 cm³/mol. The van der Waals surface area contributed by atoms with E-state index in [4.69, 9.17) is 4.74 Å². The first-order valence-corrected chi connectivity index (χ1v) is 6.32. The quantitative estimate of drug-likeness (QED) is 0.692. The van der Waals surface area contributed by atoms with E-state index in [0.29, 0.717) is 6.61 Å². The SMILES string of the molecule is CC.CCOC(=O)C1NC[C@@H]2[C@H](O)CC[C@H]12. The molecule has 2 fully saturated rings. The van der Waals surface area contributed by atoms with Gasteiger partial charge < -0.3 is 15.2 Å². The Labute approximate surface area is 97.4 Å². The molecule has 1 saturated heterocycles. The number of carbonyl (C=O) groups is 1. The highest BCUT2D eigenvalue weighted by Crippen LogP contribution is 2.38. The van der Waals surface area contributed by atoms with Crippen LogP contribution in [0.1, 0.15) is 33.6 Å². The highest BCUT2D eigenvalue weighted by Gasteiger charge is 2.47. The van der Waals surface area contributed by atoms with Crippen LogP contribution in [0.15, 0.2) is 0 Å². The van der Waals surface area contributed by atoms with Gasteiger partial charge in [0.05, 0.1) is 12.7 Å². The van der Waals surface area contributed by atoms with Gasteiger partial charge in [-0.25, -0.2) is 0 Å². The maximum atomic E-state index is 11.5. The summed E-state index contributed by atoms with van der Waals surface area (Å²) < 4.78 is 4.99. The molecular weight excluding hydrogens is 206 g/mol. The zero-order valence-corrected chi connectivity index (χ0v) is 10.4. The van der Waals surface area contributed by atoms with Crippen LogP contribution in [0.5, 0.6) is 0 Å². The Kier molecular flexibility index (Phi) is 5.22. The second kappa shape index (κ2) is 6.21. The van der Waals surface area contributed by atoms with Crippen molar-refractivity contribution in [1.82, 2.24) is 5.32 Å². The number of nitrogens with one attached hydrogen (secondary N) is 1. The number of fused-ring (bicyclic) bond motifs is 1. The van der Waals surface area contributed by atoms with E-state index in [-0.39, 0.29) is 30.0 Å². The average Bonchev–Trinajstić information content (AvgIpc) is 2.85. The summed E-state index contributed by atoms with van der Waals surface area (Å²) in [6, 6.07) is -0.183. The van der Waals surface area contributed by atoms with Gasteiger partial charge in [-0.3, -0.25) is 4.79 Å². The fourth-order valence-corrected chi connectivity index (χ4v) is 2.68. The van der Waals surface area contributed by atoms with Gasteiger partial charge in [0.1, 0.15) is 6.04 Å². The Hall–Kier alpha value is -0.610. The normalized spacial score (nSPS) is 36.2. The summed E-state index contributed by atoms with van der Waals surface area (Å²) in [6.07, 6.45) is 1.53. The Balaban J connectivity index is 0.000000606. The van der Waals surface area contributed by atoms with Gasteiger partial charge in [-0.05, 0) is 25.7 Å². The number of hydrogen-bond acceptors (Lipinski definition) is 4. The van der Waals surface area contributed by atoms with E-state index < -0.39 is 0 Å². The molecule has 1 saturated carbocycles. The molecule has 0 spiro atoms. The average molecular weight is 229 g/mol. The van der Waals surface area contributed by atoms with Gasteiger partial charge >= 0.3 is 5.97 Å². The summed E-state index contributed by atoms with van der Waals surface area (Å²) in [4.78, 5) is 11.5. The maximum absolute atomic E-state index is 11.5.